The van der Waals surface area contributed by atoms with Crippen LogP contribution in [0.1, 0.15) is 29.8 Å². The van der Waals surface area contributed by atoms with Crippen LogP contribution in [-0.2, 0) is 11.0 Å². The summed E-state index contributed by atoms with van der Waals surface area (Å²) in [5, 5.41) is 4.27. The maximum absolute atomic E-state index is 13.8. The van der Waals surface area contributed by atoms with Gasteiger partial charge >= 0.3 is 6.18 Å². The Balaban J connectivity index is 1.86. The van der Waals surface area contributed by atoms with E-state index in [9.17, 15) is 22.8 Å². The van der Waals surface area contributed by atoms with Gasteiger partial charge in [0.25, 0.3) is 5.91 Å². The Bertz CT molecular complexity index is 966. The van der Waals surface area contributed by atoms with Gasteiger partial charge in [0.1, 0.15) is 5.82 Å². The van der Waals surface area contributed by atoms with Gasteiger partial charge < -0.3 is 15.1 Å². The van der Waals surface area contributed by atoms with Crippen molar-refractivity contribution in [2.24, 2.45) is 0 Å². The molecule has 1 N–H and O–H groups in total. The average Bonchev–Trinajstić information content (AvgIpc) is 3.09. The Morgan fingerprint density at radius 2 is 1.87 bits per heavy atom. The van der Waals surface area contributed by atoms with Gasteiger partial charge in [-0.25, -0.2) is 4.98 Å². The minimum Gasteiger partial charge on any atom is -0.354 e. The number of rotatable bonds is 5. The number of hydrogen-bond donors (Lipinski definition) is 1. The van der Waals surface area contributed by atoms with E-state index in [0.717, 1.165) is 17.4 Å². The highest BCUT2D eigenvalue weighted by Gasteiger charge is 2.36. The summed E-state index contributed by atoms with van der Waals surface area (Å²) in [6, 6.07) is 1.11. The number of hydrogen-bond acceptors (Lipinski definition) is 6. The lowest BCUT2D eigenvalue weighted by Crippen LogP contribution is -2.50. The Hall–Kier alpha value is -2.40. The number of carbonyl (C=O) groups excluding carboxylic acids is 2. The van der Waals surface area contributed by atoms with Crippen molar-refractivity contribution in [3.8, 4) is 0 Å². The SMILES string of the molecule is CC(C)NC(=O)CN1CCN(c2cc(C(F)(F)F)c3scc(C(=O)N(C)C)c3n2)CC1. The first kappa shape index (κ1) is 23.3. The highest BCUT2D eigenvalue weighted by atomic mass is 32.1. The van der Waals surface area contributed by atoms with Crippen LogP contribution in [0.25, 0.3) is 10.2 Å². The Kier molecular flexibility index (Phi) is 6.75. The summed E-state index contributed by atoms with van der Waals surface area (Å²) in [6.45, 7) is 5.95. The molecule has 2 amide bonds. The van der Waals surface area contributed by atoms with E-state index in [2.05, 4.69) is 10.3 Å². The summed E-state index contributed by atoms with van der Waals surface area (Å²) in [5.74, 6) is -0.269. The second-order valence-corrected chi connectivity index (χ2v) is 8.92. The van der Waals surface area contributed by atoms with E-state index < -0.39 is 11.7 Å². The van der Waals surface area contributed by atoms with E-state index in [1.165, 1.54) is 10.3 Å². The maximum atomic E-state index is 13.8. The van der Waals surface area contributed by atoms with Crippen LogP contribution >= 0.6 is 11.3 Å². The monoisotopic (exact) mass is 457 g/mol. The molecular formula is C20H26F3N5O2S. The zero-order valence-electron chi connectivity index (χ0n) is 17.9. The van der Waals surface area contributed by atoms with Gasteiger partial charge in [0.15, 0.2) is 0 Å². The number of carbonyl (C=O) groups is 2. The summed E-state index contributed by atoms with van der Waals surface area (Å²) in [7, 11) is 3.10. The van der Waals surface area contributed by atoms with Crippen LogP contribution in [0.15, 0.2) is 11.4 Å². The molecule has 2 aromatic heterocycles. The second kappa shape index (κ2) is 8.99. The predicted molar refractivity (Wildman–Crippen MR) is 115 cm³/mol. The molecule has 0 bridgehead atoms. The number of piperazine rings is 1. The smallest absolute Gasteiger partial charge is 0.354 e. The van der Waals surface area contributed by atoms with Crippen LogP contribution in [0.2, 0.25) is 0 Å². The number of anilines is 1. The zero-order chi connectivity index (χ0) is 22.9. The number of nitrogens with one attached hydrogen (secondary N) is 1. The van der Waals surface area contributed by atoms with Crippen molar-refractivity contribution < 1.29 is 22.8 Å². The standard InChI is InChI=1S/C20H26F3N5O2S/c1-12(2)24-16(29)10-27-5-7-28(8-6-27)15-9-14(20(21,22)23)18-17(25-15)13(11-31-18)19(30)26(3)4/h9,11-12H,5-8,10H2,1-4H3,(H,24,29). The third-order valence-corrected chi connectivity index (χ3v) is 5.97. The van der Waals surface area contributed by atoms with Crippen molar-refractivity contribution in [3.05, 3.63) is 22.6 Å². The Morgan fingerprint density at radius 1 is 1.23 bits per heavy atom. The number of pyridine rings is 1. The number of alkyl halides is 3. The molecule has 3 rings (SSSR count). The third kappa shape index (κ3) is 5.27. The normalized spacial score (nSPS) is 15.5. The first-order valence-electron chi connectivity index (χ1n) is 9.95. The number of thiophene rings is 1. The fraction of sp³-hybridized carbons (Fsp3) is 0.550. The molecule has 1 aliphatic rings. The molecule has 0 spiro atoms. The molecule has 1 saturated heterocycles. The maximum Gasteiger partial charge on any atom is 0.417 e. The zero-order valence-corrected chi connectivity index (χ0v) is 18.7. The van der Waals surface area contributed by atoms with Gasteiger partial charge in [-0.1, -0.05) is 0 Å². The van der Waals surface area contributed by atoms with E-state index in [4.69, 9.17) is 0 Å². The van der Waals surface area contributed by atoms with Gasteiger partial charge in [0.2, 0.25) is 5.91 Å². The Morgan fingerprint density at radius 3 is 2.42 bits per heavy atom. The van der Waals surface area contributed by atoms with Crippen molar-refractivity contribution >= 4 is 39.2 Å². The summed E-state index contributed by atoms with van der Waals surface area (Å²) < 4.78 is 41.2. The highest BCUT2D eigenvalue weighted by Crippen LogP contribution is 2.40. The summed E-state index contributed by atoms with van der Waals surface area (Å²) in [4.78, 5) is 33.9. The minimum atomic E-state index is -4.56. The first-order valence-corrected chi connectivity index (χ1v) is 10.8. The molecule has 1 fully saturated rings. The third-order valence-electron chi connectivity index (χ3n) is 4.96. The van der Waals surface area contributed by atoms with Crippen molar-refractivity contribution in [2.45, 2.75) is 26.1 Å². The van der Waals surface area contributed by atoms with Crippen LogP contribution in [-0.4, -0.2) is 79.5 Å². The largest absolute Gasteiger partial charge is 0.417 e. The lowest BCUT2D eigenvalue weighted by Gasteiger charge is -2.35. The molecule has 0 atom stereocenters. The molecule has 2 aromatic rings. The molecule has 0 saturated carbocycles. The van der Waals surface area contributed by atoms with Gasteiger partial charge in [0, 0.05) is 51.7 Å². The topological polar surface area (TPSA) is 68.8 Å². The predicted octanol–water partition coefficient (Wildman–Crippen LogP) is 2.66. The number of aromatic nitrogens is 1. The molecule has 31 heavy (non-hydrogen) atoms. The molecule has 3 heterocycles. The first-order chi connectivity index (χ1) is 14.5. The Labute approximate surface area is 182 Å². The van der Waals surface area contributed by atoms with Gasteiger partial charge in [-0.05, 0) is 19.9 Å². The summed E-state index contributed by atoms with van der Waals surface area (Å²) >= 11 is 0.879. The van der Waals surface area contributed by atoms with E-state index in [1.807, 2.05) is 18.7 Å². The average molecular weight is 458 g/mol. The quantitative estimate of drug-likeness (QED) is 0.748. The van der Waals surface area contributed by atoms with Crippen molar-refractivity contribution in [3.63, 3.8) is 0 Å². The molecule has 170 valence electrons. The van der Waals surface area contributed by atoms with Crippen LogP contribution in [0.3, 0.4) is 0 Å². The number of halogens is 3. The van der Waals surface area contributed by atoms with Crippen molar-refractivity contribution in [1.29, 1.82) is 0 Å². The molecule has 0 aliphatic carbocycles. The van der Waals surface area contributed by atoms with Crippen molar-refractivity contribution in [1.82, 2.24) is 20.1 Å². The van der Waals surface area contributed by atoms with Crippen LogP contribution in [0.4, 0.5) is 19.0 Å². The molecular weight excluding hydrogens is 431 g/mol. The molecule has 0 unspecified atom stereocenters. The molecule has 7 nitrogen and oxygen atoms in total. The van der Waals surface area contributed by atoms with E-state index in [-0.39, 0.29) is 46.0 Å². The fourth-order valence-electron chi connectivity index (χ4n) is 3.47. The molecule has 0 aromatic carbocycles. The fourth-order valence-corrected chi connectivity index (χ4v) is 4.48. The molecule has 0 radical (unpaired) electrons. The van der Waals surface area contributed by atoms with E-state index in [0.29, 0.717) is 26.2 Å². The summed E-state index contributed by atoms with van der Waals surface area (Å²) in [6.07, 6.45) is -4.56. The van der Waals surface area contributed by atoms with E-state index in [1.54, 1.807) is 19.0 Å². The van der Waals surface area contributed by atoms with Gasteiger partial charge in [-0.2, -0.15) is 13.2 Å². The number of fused-ring (bicyclic) bond motifs is 1. The van der Waals surface area contributed by atoms with Crippen LogP contribution < -0.4 is 10.2 Å². The van der Waals surface area contributed by atoms with Gasteiger partial charge in [-0.3, -0.25) is 14.5 Å². The highest BCUT2D eigenvalue weighted by molar-refractivity contribution is 7.17. The molecule has 1 aliphatic heterocycles. The summed E-state index contributed by atoms with van der Waals surface area (Å²) in [5.41, 5.74) is -0.539. The van der Waals surface area contributed by atoms with Gasteiger partial charge in [0.05, 0.1) is 27.9 Å². The minimum absolute atomic E-state index is 0.0366. The second-order valence-electron chi connectivity index (χ2n) is 8.04. The lowest BCUT2D eigenvalue weighted by atomic mass is 10.1. The number of amides is 2. The van der Waals surface area contributed by atoms with Gasteiger partial charge in [-0.15, -0.1) is 11.3 Å². The van der Waals surface area contributed by atoms with Crippen molar-refractivity contribution in [2.75, 3.05) is 51.7 Å². The van der Waals surface area contributed by atoms with Crippen LogP contribution in [0.5, 0.6) is 0 Å². The van der Waals surface area contributed by atoms with Crippen LogP contribution in [0, 0.1) is 0 Å². The lowest BCUT2D eigenvalue weighted by molar-refractivity contribution is -0.136. The number of nitrogens with zero attached hydrogens (tertiary/aromatic N) is 4. The van der Waals surface area contributed by atoms with E-state index >= 15 is 0 Å². The molecule has 11 heteroatoms.